The summed E-state index contributed by atoms with van der Waals surface area (Å²) in [4.78, 5) is 0. The molecule has 94 valence electrons. The molecular formula is C15H22BrN. The Morgan fingerprint density at radius 2 is 1.94 bits per heavy atom. The third kappa shape index (κ3) is 3.56. The first kappa shape index (κ1) is 13.1. The molecule has 0 bridgehead atoms. The van der Waals surface area contributed by atoms with E-state index in [2.05, 4.69) is 59.4 Å². The van der Waals surface area contributed by atoms with Crippen molar-refractivity contribution in [2.45, 2.75) is 57.5 Å². The van der Waals surface area contributed by atoms with E-state index >= 15 is 0 Å². The van der Waals surface area contributed by atoms with E-state index in [9.17, 15) is 0 Å². The second-order valence-electron chi connectivity index (χ2n) is 5.27. The minimum Gasteiger partial charge on any atom is -0.311 e. The normalized spacial score (nSPS) is 25.4. The summed E-state index contributed by atoms with van der Waals surface area (Å²) >= 11 is 3.48. The standard InChI is InChI=1S/C15H22BrN/c1-3-4-11(2)17-15-9-13(10-15)12-5-7-14(16)8-6-12/h5-8,11,13,15,17H,3-4,9-10H2,1-2H3. The van der Waals surface area contributed by atoms with Crippen LogP contribution in [-0.2, 0) is 0 Å². The smallest absolute Gasteiger partial charge is 0.0175 e. The summed E-state index contributed by atoms with van der Waals surface area (Å²) in [6.45, 7) is 4.56. The molecule has 0 heterocycles. The molecule has 17 heavy (non-hydrogen) atoms. The summed E-state index contributed by atoms with van der Waals surface area (Å²) in [7, 11) is 0. The van der Waals surface area contributed by atoms with Gasteiger partial charge in [0.05, 0.1) is 0 Å². The lowest BCUT2D eigenvalue weighted by molar-refractivity contribution is 0.264. The Bertz CT molecular complexity index is 340. The molecule has 0 saturated heterocycles. The Morgan fingerprint density at radius 3 is 2.53 bits per heavy atom. The monoisotopic (exact) mass is 295 g/mol. The molecule has 1 aliphatic rings. The molecule has 1 unspecified atom stereocenters. The van der Waals surface area contributed by atoms with E-state index in [1.165, 1.54) is 35.7 Å². The van der Waals surface area contributed by atoms with Gasteiger partial charge < -0.3 is 5.32 Å². The first-order valence-corrected chi connectivity index (χ1v) is 7.50. The minimum atomic E-state index is 0.677. The zero-order valence-corrected chi connectivity index (χ0v) is 12.3. The van der Waals surface area contributed by atoms with Crippen LogP contribution in [0.4, 0.5) is 0 Å². The highest BCUT2D eigenvalue weighted by Crippen LogP contribution is 2.37. The van der Waals surface area contributed by atoms with Gasteiger partial charge in [-0.05, 0) is 49.8 Å². The molecule has 2 rings (SSSR count). The molecule has 2 heteroatoms. The lowest BCUT2D eigenvalue weighted by Gasteiger charge is -2.38. The van der Waals surface area contributed by atoms with Crippen LogP contribution in [0.25, 0.3) is 0 Å². The van der Waals surface area contributed by atoms with Crippen molar-refractivity contribution in [1.82, 2.24) is 5.32 Å². The predicted molar refractivity (Wildman–Crippen MR) is 77.4 cm³/mol. The van der Waals surface area contributed by atoms with E-state index in [4.69, 9.17) is 0 Å². The maximum absolute atomic E-state index is 3.72. The number of hydrogen-bond donors (Lipinski definition) is 1. The molecule has 1 aromatic rings. The molecule has 1 atom stereocenters. The fourth-order valence-corrected chi connectivity index (χ4v) is 2.94. The minimum absolute atomic E-state index is 0.677. The Hall–Kier alpha value is -0.340. The Kier molecular flexibility index (Phi) is 4.63. The molecule has 1 N–H and O–H groups in total. The maximum atomic E-state index is 3.72. The second-order valence-corrected chi connectivity index (χ2v) is 6.19. The lowest BCUT2D eigenvalue weighted by atomic mass is 9.75. The molecule has 1 saturated carbocycles. The van der Waals surface area contributed by atoms with Crippen molar-refractivity contribution in [1.29, 1.82) is 0 Å². The van der Waals surface area contributed by atoms with Gasteiger partial charge in [0.25, 0.3) is 0 Å². The first-order valence-electron chi connectivity index (χ1n) is 6.70. The van der Waals surface area contributed by atoms with E-state index in [0.717, 1.165) is 12.0 Å². The van der Waals surface area contributed by atoms with Crippen LogP contribution in [-0.4, -0.2) is 12.1 Å². The van der Waals surface area contributed by atoms with Gasteiger partial charge in [0.15, 0.2) is 0 Å². The van der Waals surface area contributed by atoms with Crippen LogP contribution in [0, 0.1) is 0 Å². The summed E-state index contributed by atoms with van der Waals surface area (Å²) in [5, 5.41) is 3.72. The molecule has 0 aromatic heterocycles. The third-order valence-corrected chi connectivity index (χ3v) is 4.25. The van der Waals surface area contributed by atoms with Crippen LogP contribution in [0.3, 0.4) is 0 Å². The molecule has 1 nitrogen and oxygen atoms in total. The largest absolute Gasteiger partial charge is 0.311 e. The SMILES string of the molecule is CCCC(C)NC1CC(c2ccc(Br)cc2)C1. The number of hydrogen-bond acceptors (Lipinski definition) is 1. The molecule has 1 aromatic carbocycles. The number of benzene rings is 1. The van der Waals surface area contributed by atoms with E-state index < -0.39 is 0 Å². The Labute approximate surface area is 113 Å². The quantitative estimate of drug-likeness (QED) is 0.845. The zero-order chi connectivity index (χ0) is 12.3. The second kappa shape index (κ2) is 6.01. The molecular weight excluding hydrogens is 274 g/mol. The van der Waals surface area contributed by atoms with Crippen LogP contribution < -0.4 is 5.32 Å². The van der Waals surface area contributed by atoms with Gasteiger partial charge in [-0.15, -0.1) is 0 Å². The summed E-state index contributed by atoms with van der Waals surface area (Å²) in [6.07, 6.45) is 5.17. The van der Waals surface area contributed by atoms with E-state index in [1.807, 2.05) is 0 Å². The Balaban J connectivity index is 1.77. The van der Waals surface area contributed by atoms with Crippen molar-refractivity contribution in [3.8, 4) is 0 Å². The summed E-state index contributed by atoms with van der Waals surface area (Å²) in [5.74, 6) is 0.773. The van der Waals surface area contributed by atoms with Crippen molar-refractivity contribution < 1.29 is 0 Å². The third-order valence-electron chi connectivity index (χ3n) is 3.72. The fourth-order valence-electron chi connectivity index (χ4n) is 2.68. The van der Waals surface area contributed by atoms with Crippen molar-refractivity contribution in [3.05, 3.63) is 34.3 Å². The van der Waals surface area contributed by atoms with Crippen LogP contribution in [0.1, 0.15) is 51.0 Å². The van der Waals surface area contributed by atoms with Crippen LogP contribution in [0.15, 0.2) is 28.7 Å². The van der Waals surface area contributed by atoms with E-state index in [0.29, 0.717) is 6.04 Å². The summed E-state index contributed by atoms with van der Waals surface area (Å²) in [6, 6.07) is 10.2. The average Bonchev–Trinajstić information content (AvgIpc) is 2.25. The van der Waals surface area contributed by atoms with Gasteiger partial charge in [-0.1, -0.05) is 41.4 Å². The number of halogens is 1. The molecule has 0 amide bonds. The van der Waals surface area contributed by atoms with Crippen LogP contribution in [0.5, 0.6) is 0 Å². The number of rotatable bonds is 5. The van der Waals surface area contributed by atoms with Crippen molar-refractivity contribution in [2.75, 3.05) is 0 Å². The van der Waals surface area contributed by atoms with Crippen LogP contribution >= 0.6 is 15.9 Å². The first-order chi connectivity index (χ1) is 8.19. The van der Waals surface area contributed by atoms with E-state index in [-0.39, 0.29) is 0 Å². The maximum Gasteiger partial charge on any atom is 0.0175 e. The van der Waals surface area contributed by atoms with Crippen molar-refractivity contribution in [2.24, 2.45) is 0 Å². The zero-order valence-electron chi connectivity index (χ0n) is 10.7. The van der Waals surface area contributed by atoms with Gasteiger partial charge in [-0.3, -0.25) is 0 Å². The highest BCUT2D eigenvalue weighted by Gasteiger charge is 2.30. The fraction of sp³-hybridized carbons (Fsp3) is 0.600. The van der Waals surface area contributed by atoms with Gasteiger partial charge in [-0.25, -0.2) is 0 Å². The van der Waals surface area contributed by atoms with E-state index in [1.54, 1.807) is 0 Å². The van der Waals surface area contributed by atoms with Crippen molar-refractivity contribution >= 4 is 15.9 Å². The van der Waals surface area contributed by atoms with Crippen molar-refractivity contribution in [3.63, 3.8) is 0 Å². The predicted octanol–water partition coefficient (Wildman–Crippen LogP) is 4.47. The molecule has 0 radical (unpaired) electrons. The van der Waals surface area contributed by atoms with Gasteiger partial charge in [0, 0.05) is 16.6 Å². The average molecular weight is 296 g/mol. The highest BCUT2D eigenvalue weighted by atomic mass is 79.9. The Morgan fingerprint density at radius 1 is 1.29 bits per heavy atom. The van der Waals surface area contributed by atoms with Crippen LogP contribution in [0.2, 0.25) is 0 Å². The van der Waals surface area contributed by atoms with Gasteiger partial charge >= 0.3 is 0 Å². The summed E-state index contributed by atoms with van der Waals surface area (Å²) < 4.78 is 1.17. The molecule has 1 aliphatic carbocycles. The van der Waals surface area contributed by atoms with Gasteiger partial charge in [0.2, 0.25) is 0 Å². The molecule has 1 fully saturated rings. The van der Waals surface area contributed by atoms with Gasteiger partial charge in [0.1, 0.15) is 0 Å². The van der Waals surface area contributed by atoms with Gasteiger partial charge in [-0.2, -0.15) is 0 Å². The topological polar surface area (TPSA) is 12.0 Å². The molecule has 0 aliphatic heterocycles. The lowest BCUT2D eigenvalue weighted by Crippen LogP contribution is -2.44. The summed E-state index contributed by atoms with van der Waals surface area (Å²) in [5.41, 5.74) is 1.49. The highest BCUT2D eigenvalue weighted by molar-refractivity contribution is 9.10. The number of nitrogens with one attached hydrogen (secondary N) is 1. The molecule has 0 spiro atoms.